The summed E-state index contributed by atoms with van der Waals surface area (Å²) in [4.78, 5) is 13.6. The molecule has 0 bridgehead atoms. The maximum absolute atomic E-state index is 12.0. The second-order valence-electron chi connectivity index (χ2n) is 4.69. The van der Waals surface area contributed by atoms with Gasteiger partial charge in [0.05, 0.1) is 11.4 Å². The third kappa shape index (κ3) is 1.46. The lowest BCUT2D eigenvalue weighted by molar-refractivity contribution is 0.0765. The predicted molar refractivity (Wildman–Crippen MR) is 65.7 cm³/mol. The summed E-state index contributed by atoms with van der Waals surface area (Å²) in [5.74, 6) is 0. The van der Waals surface area contributed by atoms with E-state index >= 15 is 0 Å². The van der Waals surface area contributed by atoms with Gasteiger partial charge in [0.2, 0.25) is 0 Å². The lowest BCUT2D eigenvalue weighted by atomic mass is 9.98. The summed E-state index contributed by atoms with van der Waals surface area (Å²) >= 11 is 0. The molecule has 3 nitrogen and oxygen atoms in total. The van der Waals surface area contributed by atoms with Crippen molar-refractivity contribution >= 4 is 11.8 Å². The van der Waals surface area contributed by atoms with Crippen molar-refractivity contribution in [2.45, 2.75) is 31.3 Å². The van der Waals surface area contributed by atoms with E-state index in [1.165, 1.54) is 0 Å². The Kier molecular flexibility index (Phi) is 2.21. The van der Waals surface area contributed by atoms with Crippen LogP contribution in [0.5, 0.6) is 0 Å². The Morgan fingerprint density at radius 3 is 2.47 bits per heavy atom. The fraction of sp³-hybridized carbons (Fsp3) is 0.357. The summed E-state index contributed by atoms with van der Waals surface area (Å²) in [5, 5.41) is 0. The normalized spacial score (nSPS) is 22.2. The van der Waals surface area contributed by atoms with Gasteiger partial charge < -0.3 is 4.74 Å². The molecule has 1 saturated carbocycles. The molecule has 1 aliphatic carbocycles. The van der Waals surface area contributed by atoms with E-state index in [0.29, 0.717) is 0 Å². The van der Waals surface area contributed by atoms with Gasteiger partial charge in [-0.2, -0.15) is 0 Å². The first-order valence-corrected chi connectivity index (χ1v) is 6.00. The zero-order valence-electron chi connectivity index (χ0n) is 9.69. The first-order chi connectivity index (χ1) is 8.23. The van der Waals surface area contributed by atoms with Crippen LogP contribution >= 0.6 is 0 Å². The zero-order chi connectivity index (χ0) is 11.9. The van der Waals surface area contributed by atoms with Gasteiger partial charge in [-0.25, -0.2) is 9.69 Å². The van der Waals surface area contributed by atoms with E-state index < -0.39 is 5.60 Å². The van der Waals surface area contributed by atoms with Crippen molar-refractivity contribution in [3.8, 4) is 0 Å². The van der Waals surface area contributed by atoms with Crippen LogP contribution in [-0.4, -0.2) is 11.7 Å². The molecule has 2 fully saturated rings. The van der Waals surface area contributed by atoms with Gasteiger partial charge in [0.25, 0.3) is 0 Å². The van der Waals surface area contributed by atoms with E-state index in [1.807, 2.05) is 30.3 Å². The molecule has 1 aliphatic heterocycles. The first-order valence-electron chi connectivity index (χ1n) is 6.00. The maximum atomic E-state index is 12.0. The van der Waals surface area contributed by atoms with Crippen LogP contribution < -0.4 is 4.90 Å². The molecule has 0 radical (unpaired) electrons. The van der Waals surface area contributed by atoms with Gasteiger partial charge >= 0.3 is 6.09 Å². The topological polar surface area (TPSA) is 29.5 Å². The number of amides is 1. The molecular formula is C14H15NO2. The number of carbonyl (C=O) groups excluding carboxylic acids is 1. The molecule has 0 N–H and O–H groups in total. The molecule has 3 rings (SSSR count). The zero-order valence-corrected chi connectivity index (χ0v) is 9.69. The van der Waals surface area contributed by atoms with Crippen molar-refractivity contribution in [3.63, 3.8) is 0 Å². The van der Waals surface area contributed by atoms with E-state index in [1.54, 1.807) is 4.90 Å². The van der Waals surface area contributed by atoms with Crippen LogP contribution in [0.2, 0.25) is 0 Å². The van der Waals surface area contributed by atoms with Crippen molar-refractivity contribution in [1.82, 2.24) is 0 Å². The lowest BCUT2D eigenvalue weighted by Gasteiger charge is -2.22. The van der Waals surface area contributed by atoms with Crippen LogP contribution in [0.4, 0.5) is 10.5 Å². The monoisotopic (exact) mass is 229 g/mol. The van der Waals surface area contributed by atoms with Crippen molar-refractivity contribution in [3.05, 3.63) is 42.6 Å². The van der Waals surface area contributed by atoms with E-state index in [-0.39, 0.29) is 6.09 Å². The molecule has 1 aromatic carbocycles. The fourth-order valence-corrected chi connectivity index (χ4v) is 2.76. The summed E-state index contributed by atoms with van der Waals surface area (Å²) in [5.41, 5.74) is 1.21. The lowest BCUT2D eigenvalue weighted by Crippen LogP contribution is -2.28. The largest absolute Gasteiger partial charge is 0.436 e. The van der Waals surface area contributed by atoms with Gasteiger partial charge in [0, 0.05) is 0 Å². The Morgan fingerprint density at radius 1 is 1.18 bits per heavy atom. The van der Waals surface area contributed by atoms with Crippen LogP contribution in [0.3, 0.4) is 0 Å². The molecule has 1 saturated heterocycles. The second-order valence-corrected chi connectivity index (χ2v) is 4.69. The minimum Gasteiger partial charge on any atom is -0.436 e. The summed E-state index contributed by atoms with van der Waals surface area (Å²) < 4.78 is 5.58. The molecule has 0 atom stereocenters. The number of ether oxygens (including phenoxy) is 1. The van der Waals surface area contributed by atoms with Gasteiger partial charge in [0.15, 0.2) is 5.60 Å². The van der Waals surface area contributed by atoms with Crippen molar-refractivity contribution in [2.24, 2.45) is 0 Å². The average Bonchev–Trinajstić information content (AvgIpc) is 2.88. The number of benzene rings is 1. The van der Waals surface area contributed by atoms with Gasteiger partial charge in [0.1, 0.15) is 0 Å². The molecule has 0 unspecified atom stereocenters. The number of anilines is 1. The molecule has 1 amide bonds. The molecule has 1 heterocycles. The van der Waals surface area contributed by atoms with Crippen LogP contribution in [0.25, 0.3) is 0 Å². The van der Waals surface area contributed by atoms with E-state index in [9.17, 15) is 4.79 Å². The minimum absolute atomic E-state index is 0.289. The fourth-order valence-electron chi connectivity index (χ4n) is 2.76. The molecule has 17 heavy (non-hydrogen) atoms. The van der Waals surface area contributed by atoms with E-state index in [2.05, 4.69) is 6.58 Å². The van der Waals surface area contributed by atoms with E-state index in [4.69, 9.17) is 4.74 Å². The molecule has 1 spiro atoms. The number of hydrogen-bond acceptors (Lipinski definition) is 2. The first kappa shape index (κ1) is 10.4. The second kappa shape index (κ2) is 3.62. The Hall–Kier alpha value is -1.77. The van der Waals surface area contributed by atoms with Gasteiger partial charge in [-0.05, 0) is 37.8 Å². The van der Waals surface area contributed by atoms with E-state index in [0.717, 1.165) is 37.1 Å². The average molecular weight is 229 g/mol. The molecular weight excluding hydrogens is 214 g/mol. The number of nitrogens with zero attached hydrogens (tertiary/aromatic N) is 1. The smallest absolute Gasteiger partial charge is 0.419 e. The third-order valence-electron chi connectivity index (χ3n) is 3.69. The number of hydrogen-bond donors (Lipinski definition) is 0. The van der Waals surface area contributed by atoms with Gasteiger partial charge in [-0.3, -0.25) is 0 Å². The van der Waals surface area contributed by atoms with Crippen LogP contribution in [0, 0.1) is 0 Å². The summed E-state index contributed by atoms with van der Waals surface area (Å²) in [7, 11) is 0. The summed E-state index contributed by atoms with van der Waals surface area (Å²) in [6, 6.07) is 9.56. The van der Waals surface area contributed by atoms with Crippen molar-refractivity contribution in [1.29, 1.82) is 0 Å². The molecule has 88 valence electrons. The van der Waals surface area contributed by atoms with Crippen LogP contribution in [0.1, 0.15) is 25.7 Å². The number of rotatable bonds is 1. The van der Waals surface area contributed by atoms with Crippen LogP contribution in [0.15, 0.2) is 42.6 Å². The quantitative estimate of drug-likeness (QED) is 0.738. The Morgan fingerprint density at radius 2 is 1.82 bits per heavy atom. The standard InChI is InChI=1S/C14H15NO2/c1-11-14(9-5-6-10-14)17-13(16)15(11)12-7-3-2-4-8-12/h2-4,7-8H,1,5-6,9-10H2. The minimum atomic E-state index is -0.424. The third-order valence-corrected chi connectivity index (χ3v) is 3.69. The summed E-state index contributed by atoms with van der Waals surface area (Å²) in [6.45, 7) is 4.08. The Bertz CT molecular complexity index is 460. The predicted octanol–water partition coefficient (Wildman–Crippen LogP) is 3.47. The molecule has 3 heteroatoms. The number of para-hydroxylation sites is 1. The highest BCUT2D eigenvalue weighted by molar-refractivity contribution is 5.95. The highest BCUT2D eigenvalue weighted by Gasteiger charge is 2.50. The molecule has 1 aromatic rings. The Balaban J connectivity index is 1.97. The van der Waals surface area contributed by atoms with Gasteiger partial charge in [-0.15, -0.1) is 0 Å². The van der Waals surface area contributed by atoms with Gasteiger partial charge in [-0.1, -0.05) is 24.8 Å². The van der Waals surface area contributed by atoms with Crippen LogP contribution in [-0.2, 0) is 4.74 Å². The highest BCUT2D eigenvalue weighted by Crippen LogP contribution is 2.46. The molecule has 0 aromatic heterocycles. The summed E-state index contributed by atoms with van der Waals surface area (Å²) in [6.07, 6.45) is 3.73. The van der Waals surface area contributed by atoms with Crippen molar-refractivity contribution < 1.29 is 9.53 Å². The SMILES string of the molecule is C=C1N(c2ccccc2)C(=O)OC12CCCC2. The maximum Gasteiger partial charge on any atom is 0.419 e. The highest BCUT2D eigenvalue weighted by atomic mass is 16.6. The van der Waals surface area contributed by atoms with Crippen molar-refractivity contribution in [2.75, 3.05) is 4.90 Å². The Labute approximate surface area is 101 Å². The number of carbonyl (C=O) groups is 1. The molecule has 2 aliphatic rings.